The molecule has 1 heteroatoms. The molecule has 0 aromatic heterocycles. The summed E-state index contributed by atoms with van der Waals surface area (Å²) >= 11 is 0. The van der Waals surface area contributed by atoms with Crippen LogP contribution in [0.3, 0.4) is 0 Å². The lowest BCUT2D eigenvalue weighted by molar-refractivity contribution is -0.122. The third-order valence-electron chi connectivity index (χ3n) is 2.92. The van der Waals surface area contributed by atoms with E-state index in [2.05, 4.69) is 6.58 Å². The lowest BCUT2D eigenvalue weighted by Crippen LogP contribution is -2.25. The second kappa shape index (κ2) is 3.88. The van der Waals surface area contributed by atoms with Crippen LogP contribution in [0.25, 0.3) is 0 Å². The van der Waals surface area contributed by atoms with Crippen LogP contribution in [0.15, 0.2) is 12.2 Å². The van der Waals surface area contributed by atoms with Crippen molar-refractivity contribution in [2.75, 3.05) is 0 Å². The van der Waals surface area contributed by atoms with Gasteiger partial charge < -0.3 is 0 Å². The van der Waals surface area contributed by atoms with Gasteiger partial charge in [-0.2, -0.15) is 0 Å². The van der Waals surface area contributed by atoms with Crippen molar-refractivity contribution in [3.8, 4) is 0 Å². The van der Waals surface area contributed by atoms with E-state index in [-0.39, 0.29) is 5.92 Å². The molecule has 0 amide bonds. The molecule has 0 aliphatic heterocycles. The van der Waals surface area contributed by atoms with Gasteiger partial charge in [-0.05, 0) is 32.6 Å². The molecule has 0 unspecified atom stereocenters. The van der Waals surface area contributed by atoms with Crippen molar-refractivity contribution < 1.29 is 4.79 Å². The fourth-order valence-corrected chi connectivity index (χ4v) is 2.21. The van der Waals surface area contributed by atoms with E-state index >= 15 is 0 Å². The Kier molecular flexibility index (Phi) is 3.07. The molecular weight excluding hydrogens is 148 g/mol. The second-order valence-corrected chi connectivity index (χ2v) is 3.95. The van der Waals surface area contributed by atoms with E-state index < -0.39 is 0 Å². The van der Waals surface area contributed by atoms with Crippen LogP contribution < -0.4 is 0 Å². The minimum atomic E-state index is 0.274. The van der Waals surface area contributed by atoms with Crippen LogP contribution in [0, 0.1) is 11.8 Å². The van der Waals surface area contributed by atoms with Crippen LogP contribution in [-0.4, -0.2) is 5.78 Å². The van der Waals surface area contributed by atoms with Crippen LogP contribution in [0.2, 0.25) is 0 Å². The smallest absolute Gasteiger partial charge is 0.133 e. The lowest BCUT2D eigenvalue weighted by atomic mass is 9.74. The molecule has 0 N–H and O–H groups in total. The average Bonchev–Trinajstić information content (AvgIpc) is 2.04. The molecular formula is C11H18O. The molecule has 1 fully saturated rings. The summed E-state index contributed by atoms with van der Waals surface area (Å²) in [7, 11) is 0. The molecule has 12 heavy (non-hydrogen) atoms. The normalized spacial score (nSPS) is 29.8. The number of ketones is 1. The highest BCUT2D eigenvalue weighted by atomic mass is 16.1. The molecule has 0 bridgehead atoms. The number of carbonyl (C=O) groups is 1. The van der Waals surface area contributed by atoms with Crippen molar-refractivity contribution in [1.29, 1.82) is 0 Å². The topological polar surface area (TPSA) is 17.1 Å². The quantitative estimate of drug-likeness (QED) is 0.576. The highest BCUT2D eigenvalue weighted by Crippen LogP contribution is 2.34. The predicted molar refractivity (Wildman–Crippen MR) is 50.9 cm³/mol. The lowest BCUT2D eigenvalue weighted by Gasteiger charge is -2.29. The van der Waals surface area contributed by atoms with E-state index in [0.29, 0.717) is 11.7 Å². The summed E-state index contributed by atoms with van der Waals surface area (Å²) in [6.45, 7) is 7.72. The van der Waals surface area contributed by atoms with Crippen molar-refractivity contribution in [3.63, 3.8) is 0 Å². The van der Waals surface area contributed by atoms with Crippen LogP contribution in [0.4, 0.5) is 0 Å². The predicted octanol–water partition coefficient (Wildman–Crippen LogP) is 2.96. The zero-order valence-corrected chi connectivity index (χ0v) is 8.10. The van der Waals surface area contributed by atoms with E-state index in [1.54, 1.807) is 6.92 Å². The SMILES string of the molecule is C=C(C)[C@@H]1CCCC[C@@H]1C(C)=O. The van der Waals surface area contributed by atoms with Crippen LogP contribution >= 0.6 is 0 Å². The van der Waals surface area contributed by atoms with Crippen LogP contribution in [0.5, 0.6) is 0 Å². The molecule has 1 rings (SSSR count). The van der Waals surface area contributed by atoms with Gasteiger partial charge in [0.1, 0.15) is 5.78 Å². The Labute approximate surface area is 74.9 Å². The molecule has 0 spiro atoms. The Bertz CT molecular complexity index is 171. The molecule has 1 aliphatic carbocycles. The summed E-state index contributed by atoms with van der Waals surface area (Å²) in [4.78, 5) is 11.3. The largest absolute Gasteiger partial charge is 0.300 e. The molecule has 1 saturated carbocycles. The number of Topliss-reactive ketones (excluding diaryl/α,β-unsaturated/α-hetero) is 1. The Morgan fingerprint density at radius 1 is 1.17 bits per heavy atom. The molecule has 1 nitrogen and oxygen atoms in total. The van der Waals surface area contributed by atoms with Crippen molar-refractivity contribution >= 4 is 5.78 Å². The molecule has 2 atom stereocenters. The van der Waals surface area contributed by atoms with E-state index in [1.165, 1.54) is 24.8 Å². The summed E-state index contributed by atoms with van der Waals surface area (Å²) < 4.78 is 0. The first-order valence-electron chi connectivity index (χ1n) is 4.78. The summed E-state index contributed by atoms with van der Waals surface area (Å²) in [6, 6.07) is 0. The highest BCUT2D eigenvalue weighted by molar-refractivity contribution is 5.79. The minimum absolute atomic E-state index is 0.274. The van der Waals surface area contributed by atoms with Crippen LogP contribution in [0.1, 0.15) is 39.5 Å². The molecule has 0 aromatic rings. The molecule has 0 saturated heterocycles. The van der Waals surface area contributed by atoms with E-state index in [4.69, 9.17) is 0 Å². The molecule has 0 aromatic carbocycles. The second-order valence-electron chi connectivity index (χ2n) is 3.95. The first kappa shape index (κ1) is 9.50. The van der Waals surface area contributed by atoms with E-state index in [9.17, 15) is 4.79 Å². The van der Waals surface area contributed by atoms with Gasteiger partial charge in [0.25, 0.3) is 0 Å². The molecule has 0 heterocycles. The Morgan fingerprint density at radius 2 is 1.67 bits per heavy atom. The third-order valence-corrected chi connectivity index (χ3v) is 2.92. The minimum Gasteiger partial charge on any atom is -0.300 e. The maximum atomic E-state index is 11.3. The summed E-state index contributed by atoms with van der Waals surface area (Å²) in [6.07, 6.45) is 4.72. The maximum absolute atomic E-state index is 11.3. The van der Waals surface area contributed by atoms with Gasteiger partial charge >= 0.3 is 0 Å². The van der Waals surface area contributed by atoms with Gasteiger partial charge in [-0.25, -0.2) is 0 Å². The van der Waals surface area contributed by atoms with Gasteiger partial charge in [-0.3, -0.25) is 4.79 Å². The monoisotopic (exact) mass is 166 g/mol. The number of allylic oxidation sites excluding steroid dienone is 1. The Morgan fingerprint density at radius 3 is 2.00 bits per heavy atom. The van der Waals surface area contributed by atoms with Crippen molar-refractivity contribution in [2.24, 2.45) is 11.8 Å². The fourth-order valence-electron chi connectivity index (χ4n) is 2.21. The van der Waals surface area contributed by atoms with Gasteiger partial charge in [0, 0.05) is 5.92 Å². The van der Waals surface area contributed by atoms with Gasteiger partial charge in [0.15, 0.2) is 0 Å². The van der Waals surface area contributed by atoms with Crippen LogP contribution in [-0.2, 0) is 4.79 Å². The van der Waals surface area contributed by atoms with Gasteiger partial charge in [0.05, 0.1) is 0 Å². The zero-order valence-electron chi connectivity index (χ0n) is 8.10. The number of hydrogen-bond acceptors (Lipinski definition) is 1. The third kappa shape index (κ3) is 1.96. The first-order valence-corrected chi connectivity index (χ1v) is 4.78. The zero-order chi connectivity index (χ0) is 9.14. The first-order chi connectivity index (χ1) is 5.63. The van der Waals surface area contributed by atoms with E-state index in [0.717, 1.165) is 6.42 Å². The number of carbonyl (C=O) groups excluding carboxylic acids is 1. The number of hydrogen-bond donors (Lipinski definition) is 0. The molecule has 68 valence electrons. The van der Waals surface area contributed by atoms with Crippen molar-refractivity contribution in [1.82, 2.24) is 0 Å². The van der Waals surface area contributed by atoms with E-state index in [1.807, 2.05) is 6.92 Å². The molecule has 0 radical (unpaired) electrons. The summed E-state index contributed by atoms with van der Waals surface area (Å²) in [5.41, 5.74) is 1.19. The maximum Gasteiger partial charge on any atom is 0.133 e. The van der Waals surface area contributed by atoms with Gasteiger partial charge in [0.2, 0.25) is 0 Å². The standard InChI is InChI=1S/C11H18O/c1-8(2)10-6-4-5-7-11(10)9(3)12/h10-11H,1,4-7H2,2-3H3/t10-,11+/m0/s1. The van der Waals surface area contributed by atoms with Crippen molar-refractivity contribution in [2.45, 2.75) is 39.5 Å². The molecule has 1 aliphatic rings. The highest BCUT2D eigenvalue weighted by Gasteiger charge is 2.28. The average molecular weight is 166 g/mol. The summed E-state index contributed by atoms with van der Waals surface area (Å²) in [5.74, 6) is 1.09. The Hall–Kier alpha value is -0.590. The van der Waals surface area contributed by atoms with Gasteiger partial charge in [-0.1, -0.05) is 25.0 Å². The van der Waals surface area contributed by atoms with Crippen molar-refractivity contribution in [3.05, 3.63) is 12.2 Å². The Balaban J connectivity index is 2.67. The summed E-state index contributed by atoms with van der Waals surface area (Å²) in [5, 5.41) is 0. The van der Waals surface area contributed by atoms with Gasteiger partial charge in [-0.15, -0.1) is 0 Å². The fraction of sp³-hybridized carbons (Fsp3) is 0.727. The number of rotatable bonds is 2.